The second-order valence-electron chi connectivity index (χ2n) is 4.71. The largest absolute Gasteiger partial charge is 0.384 e. The second-order valence-corrected chi connectivity index (χ2v) is 7.08. The molecule has 0 aliphatic rings. The van der Waals surface area contributed by atoms with Crippen LogP contribution in [0.2, 0.25) is 0 Å². The smallest absolute Gasteiger partial charge is 0.126 e. The summed E-state index contributed by atoms with van der Waals surface area (Å²) >= 11 is 3.37. The van der Waals surface area contributed by atoms with Crippen molar-refractivity contribution in [3.63, 3.8) is 0 Å². The van der Waals surface area contributed by atoms with E-state index >= 15 is 0 Å². The molecule has 0 saturated heterocycles. The zero-order valence-corrected chi connectivity index (χ0v) is 14.1. The van der Waals surface area contributed by atoms with Crippen molar-refractivity contribution in [2.45, 2.75) is 25.3 Å². The number of aromatic nitrogens is 1. The van der Waals surface area contributed by atoms with Crippen LogP contribution in [0.15, 0.2) is 28.5 Å². The number of amidine groups is 1. The van der Waals surface area contributed by atoms with Gasteiger partial charge in [0, 0.05) is 23.0 Å². The number of rotatable bonds is 6. The third-order valence-electron chi connectivity index (χ3n) is 3.05. The van der Waals surface area contributed by atoms with E-state index in [2.05, 4.69) is 22.2 Å². The van der Waals surface area contributed by atoms with E-state index < -0.39 is 0 Å². The van der Waals surface area contributed by atoms with Gasteiger partial charge < -0.3 is 10.6 Å². The van der Waals surface area contributed by atoms with Gasteiger partial charge in [0.2, 0.25) is 0 Å². The minimum atomic E-state index is 0.114. The number of anilines is 1. The molecule has 112 valence electrons. The molecule has 1 heterocycles. The molecule has 0 saturated carbocycles. The van der Waals surface area contributed by atoms with E-state index in [-0.39, 0.29) is 5.84 Å². The minimum absolute atomic E-state index is 0.114. The number of hydrogen-bond donors (Lipinski definition) is 2. The molecular weight excluding hydrogens is 300 g/mol. The first-order chi connectivity index (χ1) is 10.0. The van der Waals surface area contributed by atoms with Gasteiger partial charge in [-0.2, -0.15) is 0 Å². The number of thioether (sulfide) groups is 1. The molecule has 0 unspecified atom stereocenters. The Balaban J connectivity index is 2.33. The maximum Gasteiger partial charge on any atom is 0.126 e. The summed E-state index contributed by atoms with van der Waals surface area (Å²) in [5.41, 5.74) is 8.65. The number of nitrogens with zero attached hydrogens (tertiary/aromatic N) is 2. The number of nitrogens with two attached hydrogens (primary N) is 1. The summed E-state index contributed by atoms with van der Waals surface area (Å²) in [5, 5.41) is 11.0. The number of thiazole rings is 1. The van der Waals surface area contributed by atoms with Gasteiger partial charge in [0.15, 0.2) is 0 Å². The zero-order valence-electron chi connectivity index (χ0n) is 12.5. The van der Waals surface area contributed by atoms with Crippen molar-refractivity contribution >= 4 is 34.6 Å². The minimum Gasteiger partial charge on any atom is -0.384 e. The molecule has 0 amide bonds. The van der Waals surface area contributed by atoms with Crippen molar-refractivity contribution in [3.8, 4) is 0 Å². The van der Waals surface area contributed by atoms with Crippen LogP contribution in [-0.4, -0.2) is 23.6 Å². The molecule has 2 rings (SSSR count). The molecule has 3 N–H and O–H groups in total. The fraction of sp³-hybridized carbons (Fsp3) is 0.333. The molecule has 4 nitrogen and oxygen atoms in total. The monoisotopic (exact) mass is 320 g/mol. The highest BCUT2D eigenvalue weighted by Gasteiger charge is 2.15. The van der Waals surface area contributed by atoms with Crippen molar-refractivity contribution in [3.05, 3.63) is 39.8 Å². The summed E-state index contributed by atoms with van der Waals surface area (Å²) in [6.45, 7) is 4.82. The third-order valence-corrected chi connectivity index (χ3v) is 4.81. The highest BCUT2D eigenvalue weighted by molar-refractivity contribution is 7.99. The lowest BCUT2D eigenvalue weighted by Crippen LogP contribution is -2.23. The maximum atomic E-state index is 7.90. The summed E-state index contributed by atoms with van der Waals surface area (Å²) in [6.07, 6.45) is 0. The van der Waals surface area contributed by atoms with Crippen LogP contribution < -0.4 is 10.6 Å². The van der Waals surface area contributed by atoms with Gasteiger partial charge in [0.05, 0.1) is 22.8 Å². The van der Waals surface area contributed by atoms with Gasteiger partial charge in [-0.05, 0) is 24.8 Å². The normalized spacial score (nSPS) is 10.6. The molecule has 6 heteroatoms. The molecule has 0 atom stereocenters. The van der Waals surface area contributed by atoms with Gasteiger partial charge in [-0.25, -0.2) is 4.98 Å². The first kappa shape index (κ1) is 15.9. The van der Waals surface area contributed by atoms with Gasteiger partial charge in [-0.1, -0.05) is 13.0 Å². The summed E-state index contributed by atoms with van der Waals surface area (Å²) in [7, 11) is 2.01. The van der Waals surface area contributed by atoms with E-state index in [0.29, 0.717) is 6.54 Å². The SMILES string of the molecule is CCSc1cccc(N(C)Cc2csc(C)n2)c1C(=N)N. The van der Waals surface area contributed by atoms with Crippen LogP contribution in [0.3, 0.4) is 0 Å². The number of hydrogen-bond acceptors (Lipinski definition) is 5. The van der Waals surface area contributed by atoms with Crippen LogP contribution in [0.4, 0.5) is 5.69 Å². The molecule has 21 heavy (non-hydrogen) atoms. The Kier molecular flexibility index (Phi) is 5.25. The van der Waals surface area contributed by atoms with Crippen molar-refractivity contribution in [2.75, 3.05) is 17.7 Å². The number of nitrogens with one attached hydrogen (secondary N) is 1. The molecular formula is C15H20N4S2. The van der Waals surface area contributed by atoms with Crippen molar-refractivity contribution < 1.29 is 0 Å². The summed E-state index contributed by atoms with van der Waals surface area (Å²) in [5.74, 6) is 1.07. The lowest BCUT2D eigenvalue weighted by atomic mass is 10.1. The molecule has 1 aromatic carbocycles. The molecule has 0 aliphatic carbocycles. The Morgan fingerprint density at radius 1 is 1.48 bits per heavy atom. The zero-order chi connectivity index (χ0) is 15.4. The van der Waals surface area contributed by atoms with E-state index in [1.807, 2.05) is 32.2 Å². The second kappa shape index (κ2) is 6.95. The third kappa shape index (κ3) is 3.77. The van der Waals surface area contributed by atoms with Crippen LogP contribution in [0.5, 0.6) is 0 Å². The topological polar surface area (TPSA) is 66.0 Å². The quantitative estimate of drug-likeness (QED) is 0.486. The van der Waals surface area contributed by atoms with Gasteiger partial charge in [-0.15, -0.1) is 23.1 Å². The number of nitrogen functional groups attached to an aromatic ring is 1. The van der Waals surface area contributed by atoms with Crippen LogP contribution in [-0.2, 0) is 6.54 Å². The summed E-state index contributed by atoms with van der Waals surface area (Å²) in [4.78, 5) is 7.66. The molecule has 0 radical (unpaired) electrons. The van der Waals surface area contributed by atoms with Crippen LogP contribution in [0.1, 0.15) is 23.2 Å². The highest BCUT2D eigenvalue weighted by atomic mass is 32.2. The van der Waals surface area contributed by atoms with Gasteiger partial charge in [0.1, 0.15) is 5.84 Å². The molecule has 0 spiro atoms. The molecule has 1 aromatic heterocycles. The Hall–Kier alpha value is -1.53. The molecule has 2 aromatic rings. The Bertz CT molecular complexity index is 636. The molecule has 0 bridgehead atoms. The van der Waals surface area contributed by atoms with E-state index in [0.717, 1.165) is 32.6 Å². The molecule has 0 fully saturated rings. The van der Waals surface area contributed by atoms with Crippen molar-refractivity contribution in [1.82, 2.24) is 4.98 Å². The Morgan fingerprint density at radius 2 is 2.24 bits per heavy atom. The van der Waals surface area contributed by atoms with E-state index in [9.17, 15) is 0 Å². The average molecular weight is 320 g/mol. The molecule has 0 aliphatic heterocycles. The highest BCUT2D eigenvalue weighted by Crippen LogP contribution is 2.30. The van der Waals surface area contributed by atoms with E-state index in [1.165, 1.54) is 0 Å². The van der Waals surface area contributed by atoms with Crippen molar-refractivity contribution in [2.24, 2.45) is 5.73 Å². The maximum absolute atomic E-state index is 7.90. The van der Waals surface area contributed by atoms with Gasteiger partial charge in [-0.3, -0.25) is 5.41 Å². The average Bonchev–Trinajstić information content (AvgIpc) is 2.84. The standard InChI is InChI=1S/C15H20N4S2/c1-4-20-13-7-5-6-12(14(13)15(16)17)19(3)8-11-9-21-10(2)18-11/h5-7,9H,4,8H2,1-3H3,(H3,16,17). The first-order valence-electron chi connectivity index (χ1n) is 6.75. The lowest BCUT2D eigenvalue weighted by Gasteiger charge is -2.23. The van der Waals surface area contributed by atoms with E-state index in [1.54, 1.807) is 23.1 Å². The van der Waals surface area contributed by atoms with Crippen LogP contribution >= 0.6 is 23.1 Å². The lowest BCUT2D eigenvalue weighted by molar-refractivity contribution is 0.886. The van der Waals surface area contributed by atoms with Gasteiger partial charge in [0.25, 0.3) is 0 Å². The summed E-state index contributed by atoms with van der Waals surface area (Å²) in [6, 6.07) is 6.05. The fourth-order valence-electron chi connectivity index (χ4n) is 2.19. The number of benzene rings is 1. The predicted molar refractivity (Wildman–Crippen MR) is 92.8 cm³/mol. The fourth-order valence-corrected chi connectivity index (χ4v) is 3.64. The Morgan fingerprint density at radius 3 is 2.81 bits per heavy atom. The van der Waals surface area contributed by atoms with Gasteiger partial charge >= 0.3 is 0 Å². The Labute approximate surface area is 133 Å². The van der Waals surface area contributed by atoms with E-state index in [4.69, 9.17) is 11.1 Å². The predicted octanol–water partition coefficient (Wildman–Crippen LogP) is 3.48. The van der Waals surface area contributed by atoms with Crippen molar-refractivity contribution in [1.29, 1.82) is 5.41 Å². The van der Waals surface area contributed by atoms with Crippen LogP contribution in [0, 0.1) is 12.3 Å². The first-order valence-corrected chi connectivity index (χ1v) is 8.61. The van der Waals surface area contributed by atoms with Crippen LogP contribution in [0.25, 0.3) is 0 Å². The summed E-state index contributed by atoms with van der Waals surface area (Å²) < 4.78 is 0. The number of aryl methyl sites for hydroxylation is 1.